The lowest BCUT2D eigenvalue weighted by molar-refractivity contribution is -0.0371. The van der Waals surface area contributed by atoms with E-state index in [9.17, 15) is 0 Å². The maximum Gasteiger partial charge on any atom is 0.157 e. The number of fused-ring (bicyclic) bond motifs is 1. The Labute approximate surface area is 153 Å². The van der Waals surface area contributed by atoms with Gasteiger partial charge in [-0.25, -0.2) is 9.67 Å². The van der Waals surface area contributed by atoms with Crippen LogP contribution in [-0.4, -0.2) is 20.4 Å². The summed E-state index contributed by atoms with van der Waals surface area (Å²) in [6.45, 7) is 0.748. The van der Waals surface area contributed by atoms with Crippen LogP contribution in [0.5, 0.6) is 5.75 Å². The van der Waals surface area contributed by atoms with E-state index < -0.39 is 0 Å². The predicted molar refractivity (Wildman–Crippen MR) is 99.2 cm³/mol. The summed E-state index contributed by atoms with van der Waals surface area (Å²) in [6, 6.07) is 14.7. The van der Waals surface area contributed by atoms with Crippen molar-refractivity contribution in [3.63, 3.8) is 0 Å². The molecule has 26 heavy (non-hydrogen) atoms. The number of hydrogen-bond acceptors (Lipinski definition) is 4. The zero-order valence-electron chi connectivity index (χ0n) is 14.6. The van der Waals surface area contributed by atoms with Crippen LogP contribution < -0.4 is 10.1 Å². The molecule has 1 aliphatic carbocycles. The number of ether oxygens (including phenoxy) is 1. The Balaban J connectivity index is 1.41. The summed E-state index contributed by atoms with van der Waals surface area (Å²) < 4.78 is 8.18. The smallest absolute Gasteiger partial charge is 0.157 e. The summed E-state index contributed by atoms with van der Waals surface area (Å²) in [5, 5.41) is 8.09. The van der Waals surface area contributed by atoms with Crippen molar-refractivity contribution in [3.05, 3.63) is 72.2 Å². The van der Waals surface area contributed by atoms with E-state index in [-0.39, 0.29) is 5.60 Å². The van der Waals surface area contributed by atoms with Crippen molar-refractivity contribution < 1.29 is 4.74 Å². The molecule has 1 saturated carbocycles. The Morgan fingerprint density at radius 1 is 1.12 bits per heavy atom. The molecule has 3 heterocycles. The average molecular weight is 346 g/mol. The quantitative estimate of drug-likeness (QED) is 0.781. The number of para-hydroxylation sites is 1. The number of nitrogens with one attached hydrogen (secondary N) is 1. The molecule has 1 N–H and O–H groups in total. The molecule has 0 bridgehead atoms. The van der Waals surface area contributed by atoms with Crippen molar-refractivity contribution in [2.45, 2.75) is 43.9 Å². The monoisotopic (exact) mass is 346 g/mol. The van der Waals surface area contributed by atoms with Crippen LogP contribution in [0.2, 0.25) is 0 Å². The number of nitrogens with zero attached hydrogens (tertiary/aromatic N) is 3. The number of rotatable bonds is 4. The first kappa shape index (κ1) is 15.6. The van der Waals surface area contributed by atoms with Crippen LogP contribution in [0.15, 0.2) is 61.1 Å². The van der Waals surface area contributed by atoms with E-state index in [0.717, 1.165) is 42.9 Å². The van der Waals surface area contributed by atoms with Gasteiger partial charge in [0.2, 0.25) is 0 Å². The van der Waals surface area contributed by atoms with Gasteiger partial charge in [-0.2, -0.15) is 5.10 Å². The molecule has 5 rings (SSSR count). The van der Waals surface area contributed by atoms with Crippen LogP contribution in [0, 0.1) is 0 Å². The topological polar surface area (TPSA) is 52.0 Å². The minimum atomic E-state index is 0.0335. The molecule has 132 valence electrons. The van der Waals surface area contributed by atoms with Crippen molar-refractivity contribution >= 4 is 0 Å². The van der Waals surface area contributed by atoms with Crippen LogP contribution in [0.3, 0.4) is 0 Å². The van der Waals surface area contributed by atoms with Crippen molar-refractivity contribution in [3.8, 4) is 11.6 Å². The van der Waals surface area contributed by atoms with Gasteiger partial charge in [-0.05, 0) is 37.5 Å². The van der Waals surface area contributed by atoms with Gasteiger partial charge in [0, 0.05) is 48.7 Å². The van der Waals surface area contributed by atoms with Gasteiger partial charge >= 0.3 is 0 Å². The number of pyridine rings is 1. The molecule has 5 heteroatoms. The summed E-state index contributed by atoms with van der Waals surface area (Å²) in [7, 11) is 0. The van der Waals surface area contributed by atoms with Gasteiger partial charge in [0.1, 0.15) is 11.4 Å². The normalized spacial score (nSPS) is 20.2. The van der Waals surface area contributed by atoms with Crippen LogP contribution in [0.4, 0.5) is 0 Å². The fourth-order valence-corrected chi connectivity index (χ4v) is 4.08. The van der Waals surface area contributed by atoms with Gasteiger partial charge in [0.15, 0.2) is 5.82 Å². The first-order valence-corrected chi connectivity index (χ1v) is 9.28. The highest BCUT2D eigenvalue weighted by molar-refractivity contribution is 5.40. The molecule has 0 radical (unpaired) electrons. The predicted octanol–water partition coefficient (Wildman–Crippen LogP) is 3.80. The largest absolute Gasteiger partial charge is 0.487 e. The van der Waals surface area contributed by atoms with Crippen LogP contribution in [0.25, 0.3) is 5.82 Å². The minimum Gasteiger partial charge on any atom is -0.487 e. The zero-order chi connectivity index (χ0) is 17.4. The third-order valence-electron chi connectivity index (χ3n) is 5.59. The summed E-state index contributed by atoms with van der Waals surface area (Å²) in [5.41, 5.74) is 2.43. The highest BCUT2D eigenvalue weighted by atomic mass is 16.5. The molecule has 2 aliphatic rings. The highest BCUT2D eigenvalue weighted by Gasteiger charge is 2.45. The minimum absolute atomic E-state index is 0.0335. The standard InChI is InChI=1S/C21H22N4O/c1-2-8-19-17(7-1)18(14-21(26-19)9-4-10-21)23-15-16-6-3-11-22-20(16)25-13-5-12-24-25/h1-3,5-8,11-13,18,23H,4,9-10,14-15H2/t18-/m0/s1. The van der Waals surface area contributed by atoms with Crippen molar-refractivity contribution in [1.29, 1.82) is 0 Å². The van der Waals surface area contributed by atoms with Gasteiger partial charge < -0.3 is 10.1 Å². The SMILES string of the molecule is c1cnc(-n2cccn2)c(CN[C@H]2CC3(CCC3)Oc3ccccc32)c1. The molecule has 1 spiro atoms. The van der Waals surface area contributed by atoms with E-state index in [1.807, 2.05) is 29.2 Å². The first-order valence-electron chi connectivity index (χ1n) is 9.28. The van der Waals surface area contributed by atoms with Crippen molar-refractivity contribution in [2.24, 2.45) is 0 Å². The van der Waals surface area contributed by atoms with E-state index in [4.69, 9.17) is 4.74 Å². The Kier molecular flexibility index (Phi) is 3.75. The molecule has 0 unspecified atom stereocenters. The lowest BCUT2D eigenvalue weighted by Crippen LogP contribution is -2.49. The Bertz CT molecular complexity index is 902. The number of aromatic nitrogens is 3. The molecular weight excluding hydrogens is 324 g/mol. The highest BCUT2D eigenvalue weighted by Crippen LogP contribution is 2.48. The van der Waals surface area contributed by atoms with Crippen LogP contribution >= 0.6 is 0 Å². The average Bonchev–Trinajstić information content (AvgIpc) is 3.19. The fraction of sp³-hybridized carbons (Fsp3) is 0.333. The Morgan fingerprint density at radius 3 is 2.85 bits per heavy atom. The van der Waals surface area contributed by atoms with Crippen molar-refractivity contribution in [2.75, 3.05) is 0 Å². The van der Waals surface area contributed by atoms with E-state index in [1.165, 1.54) is 12.0 Å². The van der Waals surface area contributed by atoms with E-state index in [1.54, 1.807) is 6.20 Å². The molecule has 1 aliphatic heterocycles. The second kappa shape index (κ2) is 6.25. The van der Waals surface area contributed by atoms with Gasteiger partial charge in [0.25, 0.3) is 0 Å². The molecule has 2 aromatic heterocycles. The lowest BCUT2D eigenvalue weighted by atomic mass is 9.73. The lowest BCUT2D eigenvalue weighted by Gasteiger charge is -2.48. The summed E-state index contributed by atoms with van der Waals surface area (Å²) in [6.07, 6.45) is 10.1. The molecule has 1 fully saturated rings. The third kappa shape index (κ3) is 2.69. The molecule has 1 aromatic carbocycles. The van der Waals surface area contributed by atoms with E-state index in [0.29, 0.717) is 6.04 Å². The second-order valence-corrected chi connectivity index (χ2v) is 7.25. The molecule has 0 saturated heterocycles. The fourth-order valence-electron chi connectivity index (χ4n) is 4.08. The summed E-state index contributed by atoms with van der Waals surface area (Å²) in [4.78, 5) is 4.52. The number of benzene rings is 1. The maximum atomic E-state index is 6.35. The zero-order valence-corrected chi connectivity index (χ0v) is 14.6. The van der Waals surface area contributed by atoms with Gasteiger partial charge in [0.05, 0.1) is 0 Å². The van der Waals surface area contributed by atoms with Gasteiger partial charge in [-0.3, -0.25) is 0 Å². The van der Waals surface area contributed by atoms with Crippen LogP contribution in [0.1, 0.15) is 42.9 Å². The maximum absolute atomic E-state index is 6.35. The molecule has 1 atom stereocenters. The summed E-state index contributed by atoms with van der Waals surface area (Å²) in [5.74, 6) is 1.91. The van der Waals surface area contributed by atoms with E-state index in [2.05, 4.69) is 45.7 Å². The third-order valence-corrected chi connectivity index (χ3v) is 5.59. The van der Waals surface area contributed by atoms with Crippen LogP contribution in [-0.2, 0) is 6.54 Å². The van der Waals surface area contributed by atoms with Gasteiger partial charge in [-0.1, -0.05) is 24.3 Å². The first-order chi connectivity index (χ1) is 12.8. The number of hydrogen-bond donors (Lipinski definition) is 1. The molecular formula is C21H22N4O. The van der Waals surface area contributed by atoms with Gasteiger partial charge in [-0.15, -0.1) is 0 Å². The van der Waals surface area contributed by atoms with Crippen molar-refractivity contribution in [1.82, 2.24) is 20.1 Å². The molecule has 3 aromatic rings. The van der Waals surface area contributed by atoms with E-state index >= 15 is 0 Å². The Morgan fingerprint density at radius 2 is 2.04 bits per heavy atom. The Hall–Kier alpha value is -2.66. The second-order valence-electron chi connectivity index (χ2n) is 7.25. The molecule has 0 amide bonds. The molecule has 5 nitrogen and oxygen atoms in total. The summed E-state index contributed by atoms with van der Waals surface area (Å²) >= 11 is 0.